The normalized spacial score (nSPS) is 10.1. The lowest BCUT2D eigenvalue weighted by atomic mass is 10.1. The SMILES string of the molecule is COc1ccc(Nc2sc(C(=O)c3ccc(OC)cc3OC)c(N)c2C#N)cc1. The molecule has 8 heteroatoms. The molecule has 0 aliphatic heterocycles. The second-order valence-corrected chi connectivity index (χ2v) is 6.93. The van der Waals surface area contributed by atoms with E-state index in [9.17, 15) is 10.1 Å². The molecule has 0 aliphatic rings. The van der Waals surface area contributed by atoms with Crippen LogP contribution in [0, 0.1) is 11.3 Å². The molecule has 0 unspecified atom stereocenters. The first-order valence-electron chi connectivity index (χ1n) is 8.52. The number of nitrogens with two attached hydrogens (primary N) is 1. The summed E-state index contributed by atoms with van der Waals surface area (Å²) < 4.78 is 15.6. The summed E-state index contributed by atoms with van der Waals surface area (Å²) in [4.78, 5) is 13.4. The maximum atomic E-state index is 13.1. The van der Waals surface area contributed by atoms with Gasteiger partial charge in [-0.15, -0.1) is 11.3 Å². The number of benzene rings is 2. The Balaban J connectivity index is 1.98. The highest BCUT2D eigenvalue weighted by molar-refractivity contribution is 7.19. The van der Waals surface area contributed by atoms with Gasteiger partial charge in [0.2, 0.25) is 5.78 Å². The van der Waals surface area contributed by atoms with Crippen LogP contribution in [-0.4, -0.2) is 27.1 Å². The van der Waals surface area contributed by atoms with Crippen LogP contribution in [0.1, 0.15) is 20.8 Å². The molecule has 1 heterocycles. The average Bonchev–Trinajstić information content (AvgIpc) is 3.08. The maximum Gasteiger partial charge on any atom is 0.208 e. The number of nitrogen functional groups attached to an aromatic ring is 1. The zero-order chi connectivity index (χ0) is 21.0. The molecular formula is C21H19N3O4S. The van der Waals surface area contributed by atoms with E-state index < -0.39 is 0 Å². The van der Waals surface area contributed by atoms with Crippen molar-refractivity contribution >= 4 is 33.5 Å². The fourth-order valence-electron chi connectivity index (χ4n) is 2.73. The van der Waals surface area contributed by atoms with E-state index in [2.05, 4.69) is 11.4 Å². The molecule has 2 aromatic carbocycles. The quantitative estimate of drug-likeness (QED) is 0.563. The topological polar surface area (TPSA) is 107 Å². The molecule has 0 amide bonds. The third kappa shape index (κ3) is 3.95. The van der Waals surface area contributed by atoms with Crippen molar-refractivity contribution in [2.24, 2.45) is 0 Å². The van der Waals surface area contributed by atoms with Crippen LogP contribution < -0.4 is 25.3 Å². The zero-order valence-electron chi connectivity index (χ0n) is 16.1. The number of thiophene rings is 1. The standard InChI is InChI=1S/C21H19N3O4S/c1-26-13-6-4-12(5-7-13)24-21-16(11-22)18(23)20(29-21)19(25)15-9-8-14(27-2)10-17(15)28-3/h4-10,24H,23H2,1-3H3. The molecule has 1 aromatic heterocycles. The molecule has 0 aliphatic carbocycles. The minimum absolute atomic E-state index is 0.136. The van der Waals surface area contributed by atoms with Gasteiger partial charge >= 0.3 is 0 Å². The molecule has 0 bridgehead atoms. The fraction of sp³-hybridized carbons (Fsp3) is 0.143. The van der Waals surface area contributed by atoms with Gasteiger partial charge < -0.3 is 25.3 Å². The van der Waals surface area contributed by atoms with Gasteiger partial charge in [-0.3, -0.25) is 4.79 Å². The summed E-state index contributed by atoms with van der Waals surface area (Å²) in [6, 6.07) is 14.2. The lowest BCUT2D eigenvalue weighted by Gasteiger charge is -2.09. The molecule has 0 saturated carbocycles. The number of ether oxygens (including phenoxy) is 3. The Morgan fingerprint density at radius 1 is 1.03 bits per heavy atom. The van der Waals surface area contributed by atoms with E-state index in [1.165, 1.54) is 14.2 Å². The molecule has 0 atom stereocenters. The van der Waals surface area contributed by atoms with Crippen LogP contribution in [0.4, 0.5) is 16.4 Å². The van der Waals surface area contributed by atoms with Gasteiger partial charge in [0.15, 0.2) is 0 Å². The number of nitriles is 1. The van der Waals surface area contributed by atoms with Crippen LogP contribution in [0.3, 0.4) is 0 Å². The summed E-state index contributed by atoms with van der Waals surface area (Å²) in [5.74, 6) is 1.32. The van der Waals surface area contributed by atoms with Gasteiger partial charge in [0.1, 0.15) is 38.8 Å². The summed E-state index contributed by atoms with van der Waals surface area (Å²) in [7, 11) is 4.59. The van der Waals surface area contributed by atoms with E-state index in [1.807, 2.05) is 12.1 Å². The lowest BCUT2D eigenvalue weighted by Crippen LogP contribution is -2.05. The van der Waals surface area contributed by atoms with Crippen LogP contribution in [0.5, 0.6) is 17.2 Å². The van der Waals surface area contributed by atoms with E-state index in [-0.39, 0.29) is 21.9 Å². The molecule has 0 fully saturated rings. The zero-order valence-corrected chi connectivity index (χ0v) is 16.9. The highest BCUT2D eigenvalue weighted by Gasteiger charge is 2.24. The number of nitrogens with zero attached hydrogens (tertiary/aromatic N) is 1. The highest BCUT2D eigenvalue weighted by atomic mass is 32.1. The van der Waals surface area contributed by atoms with Gasteiger partial charge in [0.05, 0.1) is 32.6 Å². The molecule has 148 valence electrons. The number of nitrogens with one attached hydrogen (secondary N) is 1. The van der Waals surface area contributed by atoms with Crippen LogP contribution in [0.15, 0.2) is 42.5 Å². The maximum absolute atomic E-state index is 13.1. The smallest absolute Gasteiger partial charge is 0.208 e. The Hall–Kier alpha value is -3.70. The number of hydrogen-bond donors (Lipinski definition) is 2. The summed E-state index contributed by atoms with van der Waals surface area (Å²) in [5, 5.41) is 13.2. The minimum atomic E-state index is -0.328. The number of rotatable bonds is 7. The third-order valence-corrected chi connectivity index (χ3v) is 5.38. The second-order valence-electron chi connectivity index (χ2n) is 5.91. The van der Waals surface area contributed by atoms with Gasteiger partial charge in [-0.05, 0) is 36.4 Å². The molecule has 0 saturated heterocycles. The monoisotopic (exact) mass is 409 g/mol. The Labute approximate surface area is 172 Å². The Bertz CT molecular complexity index is 1080. The van der Waals surface area contributed by atoms with E-state index in [0.717, 1.165) is 17.0 Å². The van der Waals surface area contributed by atoms with Crippen LogP contribution in [0.2, 0.25) is 0 Å². The lowest BCUT2D eigenvalue weighted by molar-refractivity contribution is 0.104. The Morgan fingerprint density at radius 2 is 1.69 bits per heavy atom. The van der Waals surface area contributed by atoms with Crippen molar-refractivity contribution in [1.82, 2.24) is 0 Å². The fourth-order valence-corrected chi connectivity index (χ4v) is 3.77. The summed E-state index contributed by atoms with van der Waals surface area (Å²) in [6.45, 7) is 0. The van der Waals surface area contributed by atoms with E-state index in [0.29, 0.717) is 27.8 Å². The molecule has 3 aromatic rings. The molecule has 0 radical (unpaired) electrons. The molecule has 7 nitrogen and oxygen atoms in total. The third-order valence-electron chi connectivity index (χ3n) is 4.26. The van der Waals surface area contributed by atoms with Gasteiger partial charge in [0.25, 0.3) is 0 Å². The van der Waals surface area contributed by atoms with Crippen LogP contribution >= 0.6 is 11.3 Å². The predicted molar refractivity (Wildman–Crippen MR) is 113 cm³/mol. The van der Waals surface area contributed by atoms with Crippen LogP contribution in [0.25, 0.3) is 0 Å². The summed E-state index contributed by atoms with van der Waals surface area (Å²) in [6.07, 6.45) is 0. The largest absolute Gasteiger partial charge is 0.497 e. The number of hydrogen-bond acceptors (Lipinski definition) is 8. The predicted octanol–water partition coefficient (Wildman–Crippen LogP) is 4.20. The van der Waals surface area contributed by atoms with Crippen molar-refractivity contribution in [2.45, 2.75) is 0 Å². The molecular weight excluding hydrogens is 390 g/mol. The number of anilines is 3. The molecule has 0 spiro atoms. The summed E-state index contributed by atoms with van der Waals surface area (Å²) >= 11 is 1.12. The van der Waals surface area contributed by atoms with Gasteiger partial charge in [-0.25, -0.2) is 0 Å². The Kier molecular flexibility index (Phi) is 5.90. The molecule has 29 heavy (non-hydrogen) atoms. The first-order chi connectivity index (χ1) is 14.0. The number of carbonyl (C=O) groups is 1. The van der Waals surface area contributed by atoms with Crippen molar-refractivity contribution < 1.29 is 19.0 Å². The van der Waals surface area contributed by atoms with Crippen molar-refractivity contribution in [1.29, 1.82) is 5.26 Å². The number of ketones is 1. The van der Waals surface area contributed by atoms with Crippen molar-refractivity contribution in [3.63, 3.8) is 0 Å². The average molecular weight is 409 g/mol. The first kappa shape index (κ1) is 20.0. The van der Waals surface area contributed by atoms with Gasteiger partial charge in [-0.1, -0.05) is 0 Å². The molecule has 3 rings (SSSR count). The van der Waals surface area contributed by atoms with Crippen molar-refractivity contribution in [3.8, 4) is 23.3 Å². The van der Waals surface area contributed by atoms with Crippen molar-refractivity contribution in [2.75, 3.05) is 32.4 Å². The van der Waals surface area contributed by atoms with E-state index in [1.54, 1.807) is 37.4 Å². The van der Waals surface area contributed by atoms with Gasteiger partial charge in [-0.2, -0.15) is 5.26 Å². The van der Waals surface area contributed by atoms with E-state index in [4.69, 9.17) is 19.9 Å². The van der Waals surface area contributed by atoms with Crippen molar-refractivity contribution in [3.05, 3.63) is 58.5 Å². The minimum Gasteiger partial charge on any atom is -0.497 e. The summed E-state index contributed by atoms with van der Waals surface area (Å²) in [5.41, 5.74) is 7.58. The second kappa shape index (κ2) is 8.54. The highest BCUT2D eigenvalue weighted by Crippen LogP contribution is 2.39. The molecule has 3 N–H and O–H groups in total. The number of carbonyl (C=O) groups excluding carboxylic acids is 1. The first-order valence-corrected chi connectivity index (χ1v) is 9.34. The van der Waals surface area contributed by atoms with E-state index >= 15 is 0 Å². The van der Waals surface area contributed by atoms with Gasteiger partial charge in [0, 0.05) is 11.8 Å². The Morgan fingerprint density at radius 3 is 2.28 bits per heavy atom. The number of methoxy groups -OCH3 is 3. The van der Waals surface area contributed by atoms with Crippen LogP contribution in [-0.2, 0) is 0 Å².